The zero-order valence-electron chi connectivity index (χ0n) is 13.2. The van der Waals surface area contributed by atoms with Gasteiger partial charge in [0, 0.05) is 23.3 Å². The summed E-state index contributed by atoms with van der Waals surface area (Å²) in [7, 11) is 0. The van der Waals surface area contributed by atoms with Crippen LogP contribution in [0.1, 0.15) is 51.1 Å². The molecule has 0 saturated carbocycles. The molecule has 114 valence electrons. The van der Waals surface area contributed by atoms with Gasteiger partial charge in [0.2, 0.25) is 0 Å². The first-order valence-electron chi connectivity index (χ1n) is 8.05. The second-order valence-electron chi connectivity index (χ2n) is 5.71. The van der Waals surface area contributed by atoms with Crippen LogP contribution in [0.3, 0.4) is 0 Å². The molecule has 0 radical (unpaired) electrons. The highest BCUT2D eigenvalue weighted by molar-refractivity contribution is 5.92. The second kappa shape index (κ2) is 7.87. The van der Waals surface area contributed by atoms with Crippen LogP contribution in [-0.2, 0) is 0 Å². The third-order valence-electron chi connectivity index (χ3n) is 3.77. The maximum atomic E-state index is 9.66. The number of anilines is 1. The topological polar surface area (TPSA) is 45.2 Å². The molecule has 2 aromatic rings. The van der Waals surface area contributed by atoms with Crippen molar-refractivity contribution >= 4 is 16.6 Å². The van der Waals surface area contributed by atoms with Crippen LogP contribution in [0.15, 0.2) is 24.3 Å². The largest absolute Gasteiger partial charge is 0.508 e. The van der Waals surface area contributed by atoms with E-state index in [1.165, 1.54) is 38.5 Å². The quantitative estimate of drug-likeness (QED) is 0.670. The van der Waals surface area contributed by atoms with Crippen molar-refractivity contribution in [2.24, 2.45) is 0 Å². The lowest BCUT2D eigenvalue weighted by Gasteiger charge is -2.11. The fourth-order valence-corrected chi connectivity index (χ4v) is 2.62. The van der Waals surface area contributed by atoms with Gasteiger partial charge in [0.1, 0.15) is 5.75 Å². The number of hydrogen-bond acceptors (Lipinski definition) is 3. The molecule has 0 spiro atoms. The predicted molar refractivity (Wildman–Crippen MR) is 90.0 cm³/mol. The minimum atomic E-state index is 0.288. The third kappa shape index (κ3) is 4.62. The van der Waals surface area contributed by atoms with E-state index in [2.05, 4.69) is 23.3 Å². The predicted octanol–water partition coefficient (Wildman–Crippen LogP) is 5.02. The van der Waals surface area contributed by atoms with E-state index in [1.54, 1.807) is 12.1 Å². The van der Waals surface area contributed by atoms with Crippen molar-refractivity contribution < 1.29 is 5.11 Å². The summed E-state index contributed by atoms with van der Waals surface area (Å²) in [4.78, 5) is 4.50. The minimum Gasteiger partial charge on any atom is -0.508 e. The van der Waals surface area contributed by atoms with E-state index in [9.17, 15) is 5.11 Å². The number of aromatic nitrogens is 1. The van der Waals surface area contributed by atoms with Gasteiger partial charge in [-0.15, -0.1) is 0 Å². The van der Waals surface area contributed by atoms with Crippen molar-refractivity contribution in [3.63, 3.8) is 0 Å². The van der Waals surface area contributed by atoms with E-state index in [0.717, 1.165) is 28.8 Å². The molecule has 0 aliphatic rings. The van der Waals surface area contributed by atoms with Crippen molar-refractivity contribution in [1.82, 2.24) is 4.98 Å². The summed E-state index contributed by atoms with van der Waals surface area (Å²) < 4.78 is 0. The fourth-order valence-electron chi connectivity index (χ4n) is 2.62. The molecule has 1 aromatic heterocycles. The van der Waals surface area contributed by atoms with Crippen molar-refractivity contribution in [3.8, 4) is 5.75 Å². The molecule has 0 atom stereocenters. The molecule has 1 heterocycles. The number of nitrogens with zero attached hydrogens (tertiary/aromatic N) is 1. The Bertz CT molecular complexity index is 581. The van der Waals surface area contributed by atoms with Crippen LogP contribution in [0.5, 0.6) is 5.75 Å². The zero-order chi connectivity index (χ0) is 15.1. The zero-order valence-corrected chi connectivity index (χ0v) is 13.2. The summed E-state index contributed by atoms with van der Waals surface area (Å²) >= 11 is 0. The van der Waals surface area contributed by atoms with E-state index in [4.69, 9.17) is 0 Å². The van der Waals surface area contributed by atoms with Crippen LogP contribution in [0.2, 0.25) is 0 Å². The summed E-state index contributed by atoms with van der Waals surface area (Å²) in [6, 6.07) is 7.39. The molecule has 1 aromatic carbocycles. The van der Waals surface area contributed by atoms with Crippen molar-refractivity contribution in [2.45, 2.75) is 52.4 Å². The van der Waals surface area contributed by atoms with Crippen LogP contribution in [-0.4, -0.2) is 16.6 Å². The Labute approximate surface area is 127 Å². The van der Waals surface area contributed by atoms with Gasteiger partial charge in [0.25, 0.3) is 0 Å². The van der Waals surface area contributed by atoms with Gasteiger partial charge in [-0.25, -0.2) is 0 Å². The van der Waals surface area contributed by atoms with Crippen molar-refractivity contribution in [2.75, 3.05) is 11.9 Å². The Morgan fingerprint density at radius 2 is 1.81 bits per heavy atom. The lowest BCUT2D eigenvalue weighted by Crippen LogP contribution is -2.03. The summed E-state index contributed by atoms with van der Waals surface area (Å²) in [6.45, 7) is 5.22. The third-order valence-corrected chi connectivity index (χ3v) is 3.77. The highest BCUT2D eigenvalue weighted by Crippen LogP contribution is 2.26. The molecule has 0 bridgehead atoms. The van der Waals surface area contributed by atoms with E-state index < -0.39 is 0 Å². The van der Waals surface area contributed by atoms with Gasteiger partial charge >= 0.3 is 0 Å². The van der Waals surface area contributed by atoms with Gasteiger partial charge in [0.05, 0.1) is 5.52 Å². The smallest absolute Gasteiger partial charge is 0.116 e. The Hall–Kier alpha value is -1.77. The lowest BCUT2D eigenvalue weighted by molar-refractivity contribution is 0.476. The average Bonchev–Trinajstić information content (AvgIpc) is 2.47. The summed E-state index contributed by atoms with van der Waals surface area (Å²) in [5.41, 5.74) is 3.00. The van der Waals surface area contributed by atoms with Crippen LogP contribution >= 0.6 is 0 Å². The monoisotopic (exact) mass is 286 g/mol. The Morgan fingerprint density at radius 1 is 1.05 bits per heavy atom. The standard InChI is InChI=1S/C18H26N2O/c1-3-4-5-6-7-8-11-19-18-12-14(2)20-17-10-9-15(21)13-16(17)18/h9-10,12-13,21H,3-8,11H2,1-2H3,(H,19,20). The Balaban J connectivity index is 1.93. The number of phenols is 1. The first-order valence-corrected chi connectivity index (χ1v) is 8.05. The minimum absolute atomic E-state index is 0.288. The number of aryl methyl sites for hydroxylation is 1. The van der Waals surface area contributed by atoms with Gasteiger partial charge in [-0.05, 0) is 37.6 Å². The number of hydrogen-bond donors (Lipinski definition) is 2. The molecule has 3 nitrogen and oxygen atoms in total. The lowest BCUT2D eigenvalue weighted by atomic mass is 10.1. The highest BCUT2D eigenvalue weighted by atomic mass is 16.3. The molecule has 2 rings (SSSR count). The van der Waals surface area contributed by atoms with Crippen LogP contribution in [0, 0.1) is 6.92 Å². The molecular weight excluding hydrogens is 260 g/mol. The fraction of sp³-hybridized carbons (Fsp3) is 0.500. The van der Waals surface area contributed by atoms with Gasteiger partial charge in [-0.1, -0.05) is 39.0 Å². The number of nitrogens with one attached hydrogen (secondary N) is 1. The van der Waals surface area contributed by atoms with E-state index in [-0.39, 0.29) is 5.75 Å². The molecular formula is C18H26N2O. The summed E-state index contributed by atoms with van der Waals surface area (Å²) in [5, 5.41) is 14.1. The maximum absolute atomic E-state index is 9.66. The molecule has 0 saturated heterocycles. The number of rotatable bonds is 8. The van der Waals surface area contributed by atoms with Gasteiger partial charge < -0.3 is 10.4 Å². The van der Waals surface area contributed by atoms with Gasteiger partial charge in [-0.2, -0.15) is 0 Å². The van der Waals surface area contributed by atoms with Crippen LogP contribution in [0.4, 0.5) is 5.69 Å². The maximum Gasteiger partial charge on any atom is 0.116 e. The van der Waals surface area contributed by atoms with Gasteiger partial charge in [0.15, 0.2) is 0 Å². The summed E-state index contributed by atoms with van der Waals surface area (Å²) in [6.07, 6.45) is 7.78. The highest BCUT2D eigenvalue weighted by Gasteiger charge is 2.04. The van der Waals surface area contributed by atoms with E-state index in [0.29, 0.717) is 0 Å². The molecule has 0 unspecified atom stereocenters. The molecule has 0 aliphatic heterocycles. The van der Waals surface area contributed by atoms with Crippen LogP contribution in [0.25, 0.3) is 10.9 Å². The van der Waals surface area contributed by atoms with E-state index >= 15 is 0 Å². The number of unbranched alkanes of at least 4 members (excludes halogenated alkanes) is 5. The number of benzene rings is 1. The molecule has 0 amide bonds. The number of fused-ring (bicyclic) bond motifs is 1. The molecule has 21 heavy (non-hydrogen) atoms. The first kappa shape index (κ1) is 15.6. The van der Waals surface area contributed by atoms with Crippen LogP contribution < -0.4 is 5.32 Å². The Kier molecular flexibility index (Phi) is 5.85. The molecule has 2 N–H and O–H groups in total. The SMILES string of the molecule is CCCCCCCCNc1cc(C)nc2ccc(O)cc12. The second-order valence-corrected chi connectivity index (χ2v) is 5.71. The summed E-state index contributed by atoms with van der Waals surface area (Å²) in [5.74, 6) is 0.288. The normalized spacial score (nSPS) is 11.0. The van der Waals surface area contributed by atoms with Crippen molar-refractivity contribution in [3.05, 3.63) is 30.0 Å². The number of phenolic OH excluding ortho intramolecular Hbond substituents is 1. The molecule has 3 heteroatoms. The van der Waals surface area contributed by atoms with Crippen molar-refractivity contribution in [1.29, 1.82) is 0 Å². The molecule has 0 fully saturated rings. The number of pyridine rings is 1. The first-order chi connectivity index (χ1) is 10.2. The average molecular weight is 286 g/mol. The van der Waals surface area contributed by atoms with E-state index in [1.807, 2.05) is 13.0 Å². The Morgan fingerprint density at radius 3 is 2.62 bits per heavy atom. The molecule has 0 aliphatic carbocycles. The number of aromatic hydroxyl groups is 1. The van der Waals surface area contributed by atoms with Gasteiger partial charge in [-0.3, -0.25) is 4.98 Å².